The molecule has 2 aromatic heterocycles. The number of aryl methyl sites for hydroxylation is 1. The molecule has 0 amide bonds. The van der Waals surface area contributed by atoms with Crippen LogP contribution in [-0.4, -0.2) is 21.7 Å². The van der Waals surface area contributed by atoms with Crippen molar-refractivity contribution in [2.75, 3.05) is 12.4 Å². The lowest BCUT2D eigenvalue weighted by Crippen LogP contribution is -2.15. The summed E-state index contributed by atoms with van der Waals surface area (Å²) in [6, 6.07) is 10.5. The summed E-state index contributed by atoms with van der Waals surface area (Å²) in [4.78, 5) is 16.7. The summed E-state index contributed by atoms with van der Waals surface area (Å²) in [7, 11) is 0. The molecule has 7 heteroatoms. The molecule has 0 aliphatic rings. The van der Waals surface area contributed by atoms with Gasteiger partial charge in [0.15, 0.2) is 0 Å². The molecule has 0 saturated heterocycles. The molecule has 0 N–H and O–H groups in total. The van der Waals surface area contributed by atoms with Crippen molar-refractivity contribution in [3.63, 3.8) is 0 Å². The van der Waals surface area contributed by atoms with Gasteiger partial charge < -0.3 is 4.74 Å². The number of hydrogen-bond acceptors (Lipinski definition) is 4. The average molecular weight is 395 g/mol. The molecule has 3 aromatic rings. The van der Waals surface area contributed by atoms with Gasteiger partial charge in [0.2, 0.25) is 0 Å². The quantitative estimate of drug-likeness (QED) is 0.572. The Bertz CT molecular complexity index is 959. The highest BCUT2D eigenvalue weighted by atomic mass is 35.5. The second kappa shape index (κ2) is 8.13. The van der Waals surface area contributed by atoms with E-state index in [1.54, 1.807) is 46.6 Å². The van der Waals surface area contributed by atoms with Crippen molar-refractivity contribution in [3.8, 4) is 5.75 Å². The first kappa shape index (κ1) is 18.1. The summed E-state index contributed by atoms with van der Waals surface area (Å²) in [5, 5.41) is 1.08. The molecule has 0 saturated carbocycles. The molecule has 0 bridgehead atoms. The highest BCUT2D eigenvalue weighted by Crippen LogP contribution is 2.27. The molecule has 0 unspecified atom stereocenters. The van der Waals surface area contributed by atoms with Crippen LogP contribution in [0.25, 0.3) is 5.65 Å². The molecule has 0 atom stereocenters. The monoisotopic (exact) mass is 394 g/mol. The van der Waals surface area contributed by atoms with Gasteiger partial charge in [-0.05, 0) is 36.8 Å². The Morgan fingerprint density at radius 3 is 2.84 bits per heavy atom. The molecule has 0 radical (unpaired) electrons. The number of benzene rings is 1. The number of nitrogens with zero attached hydrogens (tertiary/aromatic N) is 2. The smallest absolute Gasteiger partial charge is 0.258 e. The summed E-state index contributed by atoms with van der Waals surface area (Å²) in [6.45, 7) is 2.46. The Labute approximate surface area is 159 Å². The number of halogens is 2. The van der Waals surface area contributed by atoms with Crippen molar-refractivity contribution >= 4 is 40.6 Å². The van der Waals surface area contributed by atoms with E-state index in [0.717, 1.165) is 17.0 Å². The van der Waals surface area contributed by atoms with E-state index in [1.807, 2.05) is 19.1 Å². The van der Waals surface area contributed by atoms with Gasteiger partial charge in [-0.25, -0.2) is 4.98 Å². The van der Waals surface area contributed by atoms with Crippen molar-refractivity contribution in [3.05, 3.63) is 74.3 Å². The highest BCUT2D eigenvalue weighted by molar-refractivity contribution is 7.98. The number of aromatic nitrogens is 2. The fourth-order valence-corrected chi connectivity index (χ4v) is 3.48. The van der Waals surface area contributed by atoms with Crippen molar-refractivity contribution in [1.29, 1.82) is 0 Å². The number of pyridine rings is 1. The van der Waals surface area contributed by atoms with Crippen LogP contribution in [0.3, 0.4) is 0 Å². The minimum Gasteiger partial charge on any atom is -0.491 e. The third-order valence-corrected chi connectivity index (χ3v) is 4.98. The van der Waals surface area contributed by atoms with E-state index in [4.69, 9.17) is 27.9 Å². The van der Waals surface area contributed by atoms with E-state index < -0.39 is 0 Å². The fraction of sp³-hybridized carbons (Fsp3) is 0.222. The highest BCUT2D eigenvalue weighted by Gasteiger charge is 2.04. The number of ether oxygens (including phenoxy) is 1. The minimum atomic E-state index is -0.0616. The zero-order valence-electron chi connectivity index (χ0n) is 13.5. The Kier molecular flexibility index (Phi) is 5.89. The van der Waals surface area contributed by atoms with Gasteiger partial charge in [0.1, 0.15) is 11.4 Å². The van der Waals surface area contributed by atoms with E-state index in [1.165, 1.54) is 0 Å². The Morgan fingerprint density at radius 2 is 2.04 bits per heavy atom. The molecular weight excluding hydrogens is 379 g/mol. The van der Waals surface area contributed by atoms with Crippen LogP contribution in [0.4, 0.5) is 0 Å². The van der Waals surface area contributed by atoms with Gasteiger partial charge in [-0.2, -0.15) is 11.8 Å². The molecule has 2 heterocycles. The summed E-state index contributed by atoms with van der Waals surface area (Å²) in [6.07, 6.45) is 1.80. The van der Waals surface area contributed by atoms with Crippen molar-refractivity contribution in [2.24, 2.45) is 0 Å². The van der Waals surface area contributed by atoms with Crippen molar-refractivity contribution in [1.82, 2.24) is 9.38 Å². The molecule has 130 valence electrons. The first-order chi connectivity index (χ1) is 12.0. The van der Waals surface area contributed by atoms with Gasteiger partial charge in [0.25, 0.3) is 5.56 Å². The first-order valence-corrected chi connectivity index (χ1v) is 9.58. The van der Waals surface area contributed by atoms with Gasteiger partial charge in [0.05, 0.1) is 17.3 Å². The maximum Gasteiger partial charge on any atom is 0.258 e. The van der Waals surface area contributed by atoms with Crippen LogP contribution >= 0.6 is 35.0 Å². The first-order valence-electron chi connectivity index (χ1n) is 7.67. The standard InChI is InChI=1S/C18H16Cl2N2O2S/c1-12-2-5-17-21-14(9-18(23)22(17)10-12)11-25-7-6-24-16-4-3-13(19)8-15(16)20/h2-5,8-10H,6-7,11H2,1H3. The van der Waals surface area contributed by atoms with Gasteiger partial charge in [0, 0.05) is 28.8 Å². The maximum absolute atomic E-state index is 12.2. The van der Waals surface area contributed by atoms with Gasteiger partial charge in [-0.15, -0.1) is 0 Å². The fourth-order valence-electron chi connectivity index (χ4n) is 2.31. The zero-order chi connectivity index (χ0) is 17.8. The lowest BCUT2D eigenvalue weighted by atomic mass is 10.3. The number of rotatable bonds is 6. The zero-order valence-corrected chi connectivity index (χ0v) is 15.9. The Hall–Kier alpha value is -1.69. The van der Waals surface area contributed by atoms with Crippen LogP contribution in [0.1, 0.15) is 11.3 Å². The minimum absolute atomic E-state index is 0.0616. The van der Waals surface area contributed by atoms with Gasteiger partial charge >= 0.3 is 0 Å². The second-order valence-corrected chi connectivity index (χ2v) is 7.44. The van der Waals surface area contributed by atoms with Crippen LogP contribution in [0.15, 0.2) is 47.4 Å². The van der Waals surface area contributed by atoms with E-state index in [2.05, 4.69) is 4.98 Å². The molecule has 0 spiro atoms. The molecule has 1 aromatic carbocycles. The maximum atomic E-state index is 12.2. The van der Waals surface area contributed by atoms with Crippen LogP contribution in [-0.2, 0) is 5.75 Å². The van der Waals surface area contributed by atoms with Crippen LogP contribution in [0.2, 0.25) is 10.0 Å². The summed E-state index contributed by atoms with van der Waals surface area (Å²) in [5.41, 5.74) is 2.39. The third-order valence-electron chi connectivity index (χ3n) is 3.49. The molecular formula is C18H16Cl2N2O2S. The lowest BCUT2D eigenvalue weighted by molar-refractivity contribution is 0.344. The van der Waals surface area contributed by atoms with Crippen molar-refractivity contribution in [2.45, 2.75) is 12.7 Å². The van der Waals surface area contributed by atoms with E-state index >= 15 is 0 Å². The molecule has 4 nitrogen and oxygen atoms in total. The normalized spacial score (nSPS) is 11.0. The van der Waals surface area contributed by atoms with E-state index in [9.17, 15) is 4.79 Å². The summed E-state index contributed by atoms with van der Waals surface area (Å²) in [5.74, 6) is 2.02. The number of thioether (sulfide) groups is 1. The molecule has 0 fully saturated rings. The van der Waals surface area contributed by atoms with E-state index in [0.29, 0.717) is 33.8 Å². The molecule has 0 aliphatic heterocycles. The molecule has 3 rings (SSSR count). The molecule has 0 aliphatic carbocycles. The second-order valence-electron chi connectivity index (χ2n) is 5.50. The van der Waals surface area contributed by atoms with Gasteiger partial charge in [-0.3, -0.25) is 9.20 Å². The lowest BCUT2D eigenvalue weighted by Gasteiger charge is -2.08. The summed E-state index contributed by atoms with van der Waals surface area (Å²) >= 11 is 13.6. The average Bonchev–Trinajstić information content (AvgIpc) is 2.57. The third kappa shape index (κ3) is 4.69. The van der Waals surface area contributed by atoms with Crippen molar-refractivity contribution < 1.29 is 4.74 Å². The number of hydrogen-bond donors (Lipinski definition) is 0. The number of fused-ring (bicyclic) bond motifs is 1. The van der Waals surface area contributed by atoms with Crippen LogP contribution in [0, 0.1) is 6.92 Å². The van der Waals surface area contributed by atoms with E-state index in [-0.39, 0.29) is 5.56 Å². The van der Waals surface area contributed by atoms with Gasteiger partial charge in [-0.1, -0.05) is 29.3 Å². The SMILES string of the molecule is Cc1ccc2nc(CSCCOc3ccc(Cl)cc3Cl)cc(=O)n2c1. The van der Waals surface area contributed by atoms with Crippen LogP contribution < -0.4 is 10.3 Å². The predicted molar refractivity (Wildman–Crippen MR) is 104 cm³/mol. The Balaban J connectivity index is 1.54. The predicted octanol–water partition coefficient (Wildman–Crippen LogP) is 4.62. The van der Waals surface area contributed by atoms with Crippen LogP contribution in [0.5, 0.6) is 5.75 Å². The molecule has 25 heavy (non-hydrogen) atoms. The summed E-state index contributed by atoms with van der Waals surface area (Å²) < 4.78 is 7.20. The topological polar surface area (TPSA) is 43.6 Å². The largest absolute Gasteiger partial charge is 0.491 e. The Morgan fingerprint density at radius 1 is 1.20 bits per heavy atom.